The van der Waals surface area contributed by atoms with E-state index in [1.807, 2.05) is 42.5 Å². The zero-order chi connectivity index (χ0) is 25.4. The summed E-state index contributed by atoms with van der Waals surface area (Å²) in [4.78, 5) is 27.9. The van der Waals surface area contributed by atoms with Gasteiger partial charge in [-0.05, 0) is 71.9 Å². The summed E-state index contributed by atoms with van der Waals surface area (Å²) < 4.78 is 13.4. The second-order valence-electron chi connectivity index (χ2n) is 10.5. The standard InChI is InChI=1S/C30H29FN2O2S/c1-30(2,3)20-13-16-23-25(17-20)36-29(33-27(34)19-11-14-21(31)15-12-19)26(23)28(35)32-24-10-6-8-18-7-4-5-9-22(18)24/h4-12,14-15,20H,13,16-17H2,1-3H3,(H,32,35)(H,33,34). The Morgan fingerprint density at radius 3 is 2.39 bits per heavy atom. The van der Waals surface area contributed by atoms with Crippen LogP contribution in [0.1, 0.15) is 58.3 Å². The van der Waals surface area contributed by atoms with E-state index in [0.717, 1.165) is 46.2 Å². The predicted molar refractivity (Wildman–Crippen MR) is 146 cm³/mol. The maximum absolute atomic E-state index is 13.7. The van der Waals surface area contributed by atoms with Gasteiger partial charge in [0.2, 0.25) is 0 Å². The number of benzene rings is 3. The molecule has 184 valence electrons. The van der Waals surface area contributed by atoms with E-state index in [0.29, 0.717) is 22.0 Å². The minimum Gasteiger partial charge on any atom is -0.321 e. The van der Waals surface area contributed by atoms with E-state index in [1.54, 1.807) is 0 Å². The highest BCUT2D eigenvalue weighted by Gasteiger charge is 2.34. The fraction of sp³-hybridized carbons (Fsp3) is 0.267. The van der Waals surface area contributed by atoms with E-state index < -0.39 is 5.82 Å². The molecule has 0 saturated heterocycles. The molecule has 0 saturated carbocycles. The van der Waals surface area contributed by atoms with Crippen molar-refractivity contribution in [1.82, 2.24) is 0 Å². The maximum atomic E-state index is 13.7. The van der Waals surface area contributed by atoms with Gasteiger partial charge in [-0.2, -0.15) is 0 Å². The van der Waals surface area contributed by atoms with Crippen molar-refractivity contribution in [3.8, 4) is 0 Å². The van der Waals surface area contributed by atoms with Crippen LogP contribution in [0.15, 0.2) is 66.7 Å². The van der Waals surface area contributed by atoms with E-state index in [1.165, 1.54) is 35.6 Å². The van der Waals surface area contributed by atoms with Crippen LogP contribution in [0, 0.1) is 17.2 Å². The van der Waals surface area contributed by atoms with Gasteiger partial charge >= 0.3 is 0 Å². The molecule has 2 N–H and O–H groups in total. The lowest BCUT2D eigenvalue weighted by molar-refractivity contribution is 0.102. The minimum absolute atomic E-state index is 0.157. The number of anilines is 2. The van der Waals surface area contributed by atoms with Crippen LogP contribution in [0.3, 0.4) is 0 Å². The number of fused-ring (bicyclic) bond motifs is 2. The highest BCUT2D eigenvalue weighted by Crippen LogP contribution is 2.44. The lowest BCUT2D eigenvalue weighted by atomic mass is 9.72. The molecule has 4 nitrogen and oxygen atoms in total. The van der Waals surface area contributed by atoms with Gasteiger partial charge in [-0.1, -0.05) is 57.2 Å². The summed E-state index contributed by atoms with van der Waals surface area (Å²) in [5, 5.41) is 8.61. The Bertz CT molecular complexity index is 1450. The third kappa shape index (κ3) is 4.78. The van der Waals surface area contributed by atoms with Gasteiger partial charge in [0.05, 0.1) is 5.56 Å². The van der Waals surface area contributed by atoms with Crippen molar-refractivity contribution >= 4 is 44.6 Å². The molecule has 2 amide bonds. The first kappa shape index (κ1) is 24.2. The lowest BCUT2D eigenvalue weighted by Crippen LogP contribution is -2.27. The Morgan fingerprint density at radius 1 is 0.917 bits per heavy atom. The topological polar surface area (TPSA) is 58.2 Å². The third-order valence-electron chi connectivity index (χ3n) is 7.09. The number of amides is 2. The first-order valence-corrected chi connectivity index (χ1v) is 13.0. The Hall–Kier alpha value is -3.51. The molecule has 1 atom stereocenters. The highest BCUT2D eigenvalue weighted by atomic mass is 32.1. The van der Waals surface area contributed by atoms with Crippen molar-refractivity contribution in [2.45, 2.75) is 40.0 Å². The van der Waals surface area contributed by atoms with Crippen LogP contribution < -0.4 is 10.6 Å². The molecular weight excluding hydrogens is 471 g/mol. The number of hydrogen-bond donors (Lipinski definition) is 2. The number of nitrogens with one attached hydrogen (secondary N) is 2. The SMILES string of the molecule is CC(C)(C)C1CCc2c(sc(NC(=O)c3ccc(F)cc3)c2C(=O)Nc2cccc3ccccc23)C1. The summed E-state index contributed by atoms with van der Waals surface area (Å²) in [6.45, 7) is 6.75. The van der Waals surface area contributed by atoms with Crippen molar-refractivity contribution < 1.29 is 14.0 Å². The summed E-state index contributed by atoms with van der Waals surface area (Å²) in [5.74, 6) is -0.493. The number of carbonyl (C=O) groups excluding carboxylic acids is 2. The summed E-state index contributed by atoms with van der Waals surface area (Å²) in [6, 6.07) is 19.2. The summed E-state index contributed by atoms with van der Waals surface area (Å²) in [7, 11) is 0. The number of thiophene rings is 1. The molecule has 5 rings (SSSR count). The van der Waals surface area contributed by atoms with Crippen molar-refractivity contribution in [2.75, 3.05) is 10.6 Å². The molecule has 0 aliphatic heterocycles. The summed E-state index contributed by atoms with van der Waals surface area (Å²) >= 11 is 1.48. The molecule has 3 aromatic carbocycles. The number of rotatable bonds is 4. The van der Waals surface area contributed by atoms with E-state index in [-0.39, 0.29) is 17.2 Å². The van der Waals surface area contributed by atoms with E-state index >= 15 is 0 Å². The molecule has 1 aromatic heterocycles. The van der Waals surface area contributed by atoms with Crippen LogP contribution in [-0.2, 0) is 12.8 Å². The number of carbonyl (C=O) groups is 2. The Labute approximate surface area is 214 Å². The molecule has 0 spiro atoms. The molecular formula is C30H29FN2O2S. The fourth-order valence-electron chi connectivity index (χ4n) is 4.95. The van der Waals surface area contributed by atoms with Gasteiger partial charge in [-0.25, -0.2) is 4.39 Å². The van der Waals surface area contributed by atoms with E-state index in [4.69, 9.17) is 0 Å². The van der Waals surface area contributed by atoms with Crippen LogP contribution in [0.5, 0.6) is 0 Å². The molecule has 1 aliphatic rings. The molecule has 0 bridgehead atoms. The van der Waals surface area contributed by atoms with Crippen LogP contribution >= 0.6 is 11.3 Å². The molecule has 1 unspecified atom stereocenters. The van der Waals surface area contributed by atoms with Crippen molar-refractivity contribution in [1.29, 1.82) is 0 Å². The van der Waals surface area contributed by atoms with Crippen LogP contribution in [0.2, 0.25) is 0 Å². The normalized spacial score (nSPS) is 15.4. The first-order chi connectivity index (χ1) is 17.2. The summed E-state index contributed by atoms with van der Waals surface area (Å²) in [5.41, 5.74) is 2.79. The van der Waals surface area contributed by atoms with Gasteiger partial charge < -0.3 is 10.6 Å². The van der Waals surface area contributed by atoms with Gasteiger partial charge in [-0.15, -0.1) is 11.3 Å². The van der Waals surface area contributed by atoms with Crippen molar-refractivity contribution in [2.24, 2.45) is 11.3 Å². The maximum Gasteiger partial charge on any atom is 0.258 e. The number of hydrogen-bond acceptors (Lipinski definition) is 3. The molecule has 6 heteroatoms. The largest absolute Gasteiger partial charge is 0.321 e. The smallest absolute Gasteiger partial charge is 0.258 e. The number of halogens is 1. The average molecular weight is 501 g/mol. The minimum atomic E-state index is -0.401. The Morgan fingerprint density at radius 2 is 1.64 bits per heavy atom. The highest BCUT2D eigenvalue weighted by molar-refractivity contribution is 7.17. The average Bonchev–Trinajstić information content (AvgIpc) is 3.21. The Kier molecular flexibility index (Phi) is 6.39. The third-order valence-corrected chi connectivity index (χ3v) is 8.26. The van der Waals surface area contributed by atoms with E-state index in [2.05, 4.69) is 31.4 Å². The quantitative estimate of drug-likeness (QED) is 0.302. The molecule has 4 aromatic rings. The van der Waals surface area contributed by atoms with E-state index in [9.17, 15) is 14.0 Å². The van der Waals surface area contributed by atoms with Gasteiger partial charge in [-0.3, -0.25) is 9.59 Å². The van der Waals surface area contributed by atoms with Crippen molar-refractivity contribution in [3.63, 3.8) is 0 Å². The van der Waals surface area contributed by atoms with Gasteiger partial charge in [0.1, 0.15) is 10.8 Å². The van der Waals surface area contributed by atoms with Gasteiger partial charge in [0.25, 0.3) is 11.8 Å². The lowest BCUT2D eigenvalue weighted by Gasteiger charge is -2.33. The zero-order valence-corrected chi connectivity index (χ0v) is 21.5. The van der Waals surface area contributed by atoms with Crippen molar-refractivity contribution in [3.05, 3.63) is 94.1 Å². The second-order valence-corrected chi connectivity index (χ2v) is 11.6. The van der Waals surface area contributed by atoms with Gasteiger partial charge in [0.15, 0.2) is 0 Å². The molecule has 1 heterocycles. The van der Waals surface area contributed by atoms with Crippen LogP contribution in [0.25, 0.3) is 10.8 Å². The first-order valence-electron chi connectivity index (χ1n) is 12.2. The molecule has 1 aliphatic carbocycles. The van der Waals surface area contributed by atoms with Crippen LogP contribution in [-0.4, -0.2) is 11.8 Å². The summed E-state index contributed by atoms with van der Waals surface area (Å²) in [6.07, 6.45) is 2.66. The molecule has 0 radical (unpaired) electrons. The molecule has 36 heavy (non-hydrogen) atoms. The van der Waals surface area contributed by atoms with Gasteiger partial charge in [0, 0.05) is 21.5 Å². The zero-order valence-electron chi connectivity index (χ0n) is 20.7. The monoisotopic (exact) mass is 500 g/mol. The Balaban J connectivity index is 1.52. The second kappa shape index (κ2) is 9.51. The molecule has 0 fully saturated rings. The predicted octanol–water partition coefficient (Wildman–Crippen LogP) is 7.70. The van der Waals surface area contributed by atoms with Crippen LogP contribution in [0.4, 0.5) is 15.1 Å². The fourth-order valence-corrected chi connectivity index (χ4v) is 6.27.